The number of nitrogens with zero attached hydrogens (tertiary/aromatic N) is 1. The maximum absolute atomic E-state index is 10.3. The molecule has 0 aromatic heterocycles. The zero-order valence-electron chi connectivity index (χ0n) is 10.4. The highest BCUT2D eigenvalue weighted by Gasteiger charge is 2.44. The summed E-state index contributed by atoms with van der Waals surface area (Å²) in [6.45, 7) is 4.01. The molecule has 3 heteroatoms. The van der Waals surface area contributed by atoms with Gasteiger partial charge in [0.05, 0.1) is 6.10 Å². The molecule has 2 aliphatic heterocycles. The first-order valence-corrected chi connectivity index (χ1v) is 6.24. The van der Waals surface area contributed by atoms with Crippen molar-refractivity contribution in [2.75, 3.05) is 20.1 Å². The van der Waals surface area contributed by atoms with Gasteiger partial charge in [-0.25, -0.2) is 0 Å². The van der Waals surface area contributed by atoms with Crippen LogP contribution in [0, 0.1) is 6.92 Å². The zero-order chi connectivity index (χ0) is 12.0. The minimum absolute atomic E-state index is 0.170. The first-order valence-electron chi connectivity index (χ1n) is 6.24. The summed E-state index contributed by atoms with van der Waals surface area (Å²) < 4.78 is 6.17. The van der Waals surface area contributed by atoms with Crippen LogP contribution in [0.4, 0.5) is 0 Å². The first-order chi connectivity index (χ1) is 8.08. The molecule has 2 atom stereocenters. The van der Waals surface area contributed by atoms with Gasteiger partial charge in [0.2, 0.25) is 0 Å². The summed E-state index contributed by atoms with van der Waals surface area (Å²) in [5.41, 5.74) is 1.95. The fourth-order valence-electron chi connectivity index (χ4n) is 3.05. The van der Waals surface area contributed by atoms with E-state index in [1.165, 1.54) is 5.56 Å². The Kier molecular flexibility index (Phi) is 2.42. The van der Waals surface area contributed by atoms with Gasteiger partial charge in [-0.1, -0.05) is 11.6 Å². The lowest BCUT2D eigenvalue weighted by Crippen LogP contribution is -2.43. The van der Waals surface area contributed by atoms with Crippen LogP contribution in [0.1, 0.15) is 30.1 Å². The molecule has 2 aliphatic rings. The zero-order valence-corrected chi connectivity index (χ0v) is 10.4. The van der Waals surface area contributed by atoms with Gasteiger partial charge < -0.3 is 14.7 Å². The molecule has 2 heterocycles. The molecule has 0 radical (unpaired) electrons. The predicted molar refractivity (Wildman–Crippen MR) is 66.2 cm³/mol. The van der Waals surface area contributed by atoms with Crippen molar-refractivity contribution in [2.24, 2.45) is 0 Å². The molecule has 0 amide bonds. The lowest BCUT2D eigenvalue weighted by Gasteiger charge is -2.38. The molecule has 1 N–H and O–H groups in total. The number of hydrogen-bond donors (Lipinski definition) is 1. The van der Waals surface area contributed by atoms with Gasteiger partial charge in [0.1, 0.15) is 11.4 Å². The highest BCUT2D eigenvalue weighted by atomic mass is 16.5. The molecular weight excluding hydrogens is 214 g/mol. The van der Waals surface area contributed by atoms with Crippen molar-refractivity contribution in [3.05, 3.63) is 29.3 Å². The van der Waals surface area contributed by atoms with Gasteiger partial charge in [-0.05, 0) is 26.1 Å². The van der Waals surface area contributed by atoms with Crippen LogP contribution in [0.5, 0.6) is 5.75 Å². The van der Waals surface area contributed by atoms with Crippen molar-refractivity contribution in [2.45, 2.75) is 31.5 Å². The SMILES string of the molecule is Cc1ccc2c(c1)[C@H](O)CC1(CCN(C)C1)O2. The molecule has 17 heavy (non-hydrogen) atoms. The third-order valence-electron chi connectivity index (χ3n) is 3.92. The Bertz CT molecular complexity index is 446. The monoisotopic (exact) mass is 233 g/mol. The van der Waals surface area contributed by atoms with E-state index in [0.29, 0.717) is 6.42 Å². The second-order valence-electron chi connectivity index (χ2n) is 5.53. The Morgan fingerprint density at radius 3 is 3.00 bits per heavy atom. The van der Waals surface area contributed by atoms with Crippen molar-refractivity contribution in [3.8, 4) is 5.75 Å². The van der Waals surface area contributed by atoms with Gasteiger partial charge in [0, 0.05) is 31.5 Å². The molecule has 92 valence electrons. The van der Waals surface area contributed by atoms with E-state index >= 15 is 0 Å². The second kappa shape index (κ2) is 3.72. The lowest BCUT2D eigenvalue weighted by atomic mass is 9.87. The Hall–Kier alpha value is -1.06. The Balaban J connectivity index is 1.96. The van der Waals surface area contributed by atoms with Crippen molar-refractivity contribution in [1.29, 1.82) is 0 Å². The summed E-state index contributed by atoms with van der Waals surface area (Å²) in [4.78, 5) is 2.27. The summed E-state index contributed by atoms with van der Waals surface area (Å²) in [7, 11) is 2.11. The minimum atomic E-state index is -0.384. The second-order valence-corrected chi connectivity index (χ2v) is 5.53. The van der Waals surface area contributed by atoms with E-state index in [2.05, 4.69) is 11.9 Å². The maximum Gasteiger partial charge on any atom is 0.126 e. The smallest absolute Gasteiger partial charge is 0.126 e. The molecule has 1 unspecified atom stereocenters. The average Bonchev–Trinajstić information content (AvgIpc) is 2.61. The molecule has 3 nitrogen and oxygen atoms in total. The molecule has 0 bridgehead atoms. The number of aryl methyl sites for hydroxylation is 1. The Labute approximate surface area is 102 Å². The third-order valence-corrected chi connectivity index (χ3v) is 3.92. The summed E-state index contributed by atoms with van der Waals surface area (Å²) in [6.07, 6.45) is 1.34. The van der Waals surface area contributed by atoms with Crippen LogP contribution in [-0.4, -0.2) is 35.7 Å². The molecule has 3 rings (SSSR count). The van der Waals surface area contributed by atoms with Gasteiger partial charge in [0.15, 0.2) is 0 Å². The van der Waals surface area contributed by atoms with E-state index < -0.39 is 0 Å². The standard InChI is InChI=1S/C14H19NO2/c1-10-3-4-13-11(7-10)12(16)8-14(17-13)5-6-15(2)9-14/h3-4,7,12,16H,5-6,8-9H2,1-2H3/t12-,14?/m1/s1. The minimum Gasteiger partial charge on any atom is -0.485 e. The summed E-state index contributed by atoms with van der Waals surface area (Å²) >= 11 is 0. The van der Waals surface area contributed by atoms with Crippen molar-refractivity contribution in [3.63, 3.8) is 0 Å². The van der Waals surface area contributed by atoms with Gasteiger partial charge in [-0.3, -0.25) is 0 Å². The van der Waals surface area contributed by atoms with E-state index in [0.717, 1.165) is 30.8 Å². The quantitative estimate of drug-likeness (QED) is 0.742. The fraction of sp³-hybridized carbons (Fsp3) is 0.571. The lowest BCUT2D eigenvalue weighted by molar-refractivity contribution is -0.00582. The van der Waals surface area contributed by atoms with Crippen LogP contribution in [0.3, 0.4) is 0 Å². The number of ether oxygens (including phenoxy) is 1. The van der Waals surface area contributed by atoms with E-state index in [4.69, 9.17) is 4.74 Å². The molecular formula is C14H19NO2. The number of benzene rings is 1. The largest absolute Gasteiger partial charge is 0.485 e. The molecule has 0 saturated carbocycles. The van der Waals surface area contributed by atoms with Crippen LogP contribution in [0.25, 0.3) is 0 Å². The number of rotatable bonds is 0. The van der Waals surface area contributed by atoms with Crippen LogP contribution < -0.4 is 4.74 Å². The highest BCUT2D eigenvalue weighted by Crippen LogP contribution is 2.43. The number of fused-ring (bicyclic) bond motifs is 1. The van der Waals surface area contributed by atoms with Crippen LogP contribution in [-0.2, 0) is 0 Å². The van der Waals surface area contributed by atoms with Crippen LogP contribution in [0.2, 0.25) is 0 Å². The predicted octanol–water partition coefficient (Wildman–Crippen LogP) is 1.89. The first kappa shape index (κ1) is 11.1. The fourth-order valence-corrected chi connectivity index (χ4v) is 3.05. The summed E-state index contributed by atoms with van der Waals surface area (Å²) in [5.74, 6) is 0.865. The highest BCUT2D eigenvalue weighted by molar-refractivity contribution is 5.41. The van der Waals surface area contributed by atoms with Crippen molar-refractivity contribution in [1.82, 2.24) is 4.90 Å². The molecule has 0 aliphatic carbocycles. The van der Waals surface area contributed by atoms with Gasteiger partial charge >= 0.3 is 0 Å². The number of likely N-dealkylation sites (tertiary alicyclic amines) is 1. The number of aliphatic hydroxyl groups is 1. The van der Waals surface area contributed by atoms with E-state index in [9.17, 15) is 5.11 Å². The Morgan fingerprint density at radius 1 is 1.47 bits per heavy atom. The molecule has 1 saturated heterocycles. The normalized spacial score (nSPS) is 32.5. The number of hydrogen-bond acceptors (Lipinski definition) is 3. The van der Waals surface area contributed by atoms with E-state index in [1.807, 2.05) is 25.1 Å². The number of likely N-dealkylation sites (N-methyl/N-ethyl adjacent to an activating group) is 1. The maximum atomic E-state index is 10.3. The number of aliphatic hydroxyl groups excluding tert-OH is 1. The Morgan fingerprint density at radius 2 is 2.29 bits per heavy atom. The molecule has 1 aromatic carbocycles. The van der Waals surface area contributed by atoms with Gasteiger partial charge in [0.25, 0.3) is 0 Å². The molecule has 1 fully saturated rings. The van der Waals surface area contributed by atoms with Gasteiger partial charge in [-0.2, -0.15) is 0 Å². The third kappa shape index (κ3) is 1.83. The average molecular weight is 233 g/mol. The topological polar surface area (TPSA) is 32.7 Å². The van der Waals surface area contributed by atoms with Crippen LogP contribution >= 0.6 is 0 Å². The summed E-state index contributed by atoms with van der Waals surface area (Å²) in [6, 6.07) is 6.07. The van der Waals surface area contributed by atoms with E-state index in [-0.39, 0.29) is 11.7 Å². The van der Waals surface area contributed by atoms with E-state index in [1.54, 1.807) is 0 Å². The van der Waals surface area contributed by atoms with Crippen molar-refractivity contribution < 1.29 is 9.84 Å². The molecule has 1 spiro atoms. The van der Waals surface area contributed by atoms with Gasteiger partial charge in [-0.15, -0.1) is 0 Å². The van der Waals surface area contributed by atoms with Crippen LogP contribution in [0.15, 0.2) is 18.2 Å². The molecule has 1 aromatic rings. The van der Waals surface area contributed by atoms with Crippen molar-refractivity contribution >= 4 is 0 Å². The summed E-state index contributed by atoms with van der Waals surface area (Å²) in [5, 5.41) is 10.3.